The second-order valence-electron chi connectivity index (χ2n) is 19.5. The normalized spacial score (nSPS) is 12.6. The van der Waals surface area contributed by atoms with Gasteiger partial charge in [0.1, 0.15) is 13.2 Å². The van der Waals surface area contributed by atoms with Gasteiger partial charge >= 0.3 is 17.9 Å². The molecule has 0 saturated heterocycles. The zero-order chi connectivity index (χ0) is 50.0. The molecule has 1 atom stereocenters. The SMILES string of the molecule is CC/C=C\C/C=C\C/C=C\CCCCCCCCCC(=O)OC(COC(=O)CCCCCCC/C=C\C/C=C\CCCCCC)COC(=O)CCCCCCCCC/C=C\CCCCCCCCC. The van der Waals surface area contributed by atoms with Crippen LogP contribution in [0.15, 0.2) is 72.9 Å². The molecule has 0 aromatic rings. The quantitative estimate of drug-likeness (QED) is 0.0262. The van der Waals surface area contributed by atoms with E-state index in [-0.39, 0.29) is 31.1 Å². The van der Waals surface area contributed by atoms with E-state index in [1.165, 1.54) is 148 Å². The van der Waals surface area contributed by atoms with Crippen LogP contribution in [0.3, 0.4) is 0 Å². The minimum Gasteiger partial charge on any atom is -0.462 e. The number of unbranched alkanes of at least 4 members (excludes halogenated alkanes) is 30. The van der Waals surface area contributed by atoms with E-state index < -0.39 is 6.10 Å². The summed E-state index contributed by atoms with van der Waals surface area (Å²) in [5, 5.41) is 0. The Labute approximate surface area is 427 Å². The molecule has 6 nitrogen and oxygen atoms in total. The molecule has 0 fully saturated rings. The molecule has 0 aromatic heterocycles. The predicted octanol–water partition coefficient (Wildman–Crippen LogP) is 19.8. The third-order valence-corrected chi connectivity index (χ3v) is 12.7. The molecule has 6 heteroatoms. The van der Waals surface area contributed by atoms with Crippen molar-refractivity contribution in [1.82, 2.24) is 0 Å². The number of carbonyl (C=O) groups excluding carboxylic acids is 3. The maximum atomic E-state index is 12.9. The Balaban J connectivity index is 4.41. The van der Waals surface area contributed by atoms with Crippen LogP contribution in [0, 0.1) is 0 Å². The highest BCUT2D eigenvalue weighted by molar-refractivity contribution is 5.71. The van der Waals surface area contributed by atoms with E-state index in [9.17, 15) is 14.4 Å². The van der Waals surface area contributed by atoms with Crippen molar-refractivity contribution in [1.29, 1.82) is 0 Å². The van der Waals surface area contributed by atoms with Gasteiger partial charge in [0.2, 0.25) is 0 Å². The Bertz CT molecular complexity index is 1290. The molecule has 0 aliphatic heterocycles. The van der Waals surface area contributed by atoms with Crippen molar-refractivity contribution < 1.29 is 28.6 Å². The fraction of sp³-hybridized carbons (Fsp3) is 0.762. The second kappa shape index (κ2) is 57.4. The fourth-order valence-electron chi connectivity index (χ4n) is 8.25. The number of hydrogen-bond acceptors (Lipinski definition) is 6. The van der Waals surface area contributed by atoms with Gasteiger partial charge in [0, 0.05) is 19.3 Å². The molecular formula is C63H110O6. The first-order valence-electron chi connectivity index (χ1n) is 29.4. The molecule has 1 unspecified atom stereocenters. The molecule has 0 rings (SSSR count). The molecule has 69 heavy (non-hydrogen) atoms. The number of carbonyl (C=O) groups is 3. The smallest absolute Gasteiger partial charge is 0.306 e. The lowest BCUT2D eigenvalue weighted by Crippen LogP contribution is -2.30. The Morgan fingerprint density at radius 2 is 0.565 bits per heavy atom. The van der Waals surface area contributed by atoms with Crippen LogP contribution < -0.4 is 0 Å². The van der Waals surface area contributed by atoms with E-state index >= 15 is 0 Å². The number of ether oxygens (including phenoxy) is 3. The molecule has 398 valence electrons. The molecule has 0 bridgehead atoms. The van der Waals surface area contributed by atoms with Crippen LogP contribution in [0.5, 0.6) is 0 Å². The summed E-state index contributed by atoms with van der Waals surface area (Å²) in [7, 11) is 0. The summed E-state index contributed by atoms with van der Waals surface area (Å²) in [6, 6.07) is 0. The summed E-state index contributed by atoms with van der Waals surface area (Å²) < 4.78 is 16.9. The zero-order valence-corrected chi connectivity index (χ0v) is 45.6. The van der Waals surface area contributed by atoms with Crippen LogP contribution in [0.4, 0.5) is 0 Å². The molecule has 0 aliphatic rings. The van der Waals surface area contributed by atoms with E-state index in [0.717, 1.165) is 103 Å². The minimum absolute atomic E-state index is 0.0857. The van der Waals surface area contributed by atoms with Crippen molar-refractivity contribution in [3.05, 3.63) is 72.9 Å². The van der Waals surface area contributed by atoms with Gasteiger partial charge in [0.25, 0.3) is 0 Å². The number of rotatable bonds is 53. The molecular weight excluding hydrogens is 853 g/mol. The molecule has 0 heterocycles. The largest absolute Gasteiger partial charge is 0.462 e. The predicted molar refractivity (Wildman–Crippen MR) is 298 cm³/mol. The average molecular weight is 964 g/mol. The van der Waals surface area contributed by atoms with Gasteiger partial charge < -0.3 is 14.2 Å². The molecule has 0 saturated carbocycles. The van der Waals surface area contributed by atoms with Crippen molar-refractivity contribution in [3.8, 4) is 0 Å². The van der Waals surface area contributed by atoms with Gasteiger partial charge in [-0.1, -0.05) is 235 Å². The first-order valence-corrected chi connectivity index (χ1v) is 29.4. The third kappa shape index (κ3) is 55.6. The lowest BCUT2D eigenvalue weighted by atomic mass is 10.1. The van der Waals surface area contributed by atoms with Gasteiger partial charge in [0.15, 0.2) is 6.10 Å². The lowest BCUT2D eigenvalue weighted by Gasteiger charge is -2.18. The summed E-state index contributed by atoms with van der Waals surface area (Å²) in [5.74, 6) is -0.904. The molecule has 0 spiro atoms. The first-order chi connectivity index (χ1) is 34.0. The zero-order valence-electron chi connectivity index (χ0n) is 45.6. The Kier molecular flexibility index (Phi) is 54.8. The highest BCUT2D eigenvalue weighted by atomic mass is 16.6. The maximum absolute atomic E-state index is 12.9. The van der Waals surface area contributed by atoms with Crippen molar-refractivity contribution in [3.63, 3.8) is 0 Å². The van der Waals surface area contributed by atoms with Gasteiger partial charge in [-0.15, -0.1) is 0 Å². The van der Waals surface area contributed by atoms with Crippen molar-refractivity contribution in [2.24, 2.45) is 0 Å². The topological polar surface area (TPSA) is 78.9 Å². The highest BCUT2D eigenvalue weighted by Gasteiger charge is 2.19. The van der Waals surface area contributed by atoms with E-state index in [1.54, 1.807) is 0 Å². The van der Waals surface area contributed by atoms with Gasteiger partial charge in [-0.05, 0) is 109 Å². The number of hydrogen-bond donors (Lipinski definition) is 0. The molecule has 0 radical (unpaired) electrons. The summed E-state index contributed by atoms with van der Waals surface area (Å²) in [6.07, 6.45) is 73.2. The van der Waals surface area contributed by atoms with Crippen LogP contribution in [0.25, 0.3) is 0 Å². The Hall–Kier alpha value is -3.15. The van der Waals surface area contributed by atoms with E-state index in [4.69, 9.17) is 14.2 Å². The van der Waals surface area contributed by atoms with E-state index in [2.05, 4.69) is 93.7 Å². The van der Waals surface area contributed by atoms with Gasteiger partial charge in [0.05, 0.1) is 0 Å². The van der Waals surface area contributed by atoms with E-state index in [0.29, 0.717) is 19.3 Å². The average Bonchev–Trinajstić information content (AvgIpc) is 3.35. The second-order valence-corrected chi connectivity index (χ2v) is 19.5. The van der Waals surface area contributed by atoms with Crippen LogP contribution in [-0.2, 0) is 28.6 Å². The summed E-state index contributed by atoms with van der Waals surface area (Å²) in [4.78, 5) is 38.2. The van der Waals surface area contributed by atoms with Crippen LogP contribution in [0.1, 0.15) is 290 Å². The van der Waals surface area contributed by atoms with E-state index in [1.807, 2.05) is 0 Å². The summed E-state index contributed by atoms with van der Waals surface area (Å²) in [5.41, 5.74) is 0. The monoisotopic (exact) mass is 963 g/mol. The Morgan fingerprint density at radius 3 is 0.913 bits per heavy atom. The summed E-state index contributed by atoms with van der Waals surface area (Å²) >= 11 is 0. The van der Waals surface area contributed by atoms with Crippen molar-refractivity contribution in [2.75, 3.05) is 13.2 Å². The fourth-order valence-corrected chi connectivity index (χ4v) is 8.25. The molecule has 0 N–H and O–H groups in total. The Morgan fingerprint density at radius 1 is 0.304 bits per heavy atom. The van der Waals surface area contributed by atoms with Gasteiger partial charge in [-0.3, -0.25) is 14.4 Å². The minimum atomic E-state index is -0.789. The first kappa shape index (κ1) is 65.8. The standard InChI is InChI=1S/C63H110O6/c1-4-7-10-13-16-19-22-25-28-31-33-35-38-41-44-47-50-53-56-62(65)68-59-60(58-67-61(64)55-52-49-46-43-40-37-34-30-27-24-21-18-15-12-9-6-3)69-63(66)57-54-51-48-45-42-39-36-32-29-26-23-20-17-14-11-8-5-2/h8,11,17,20-21,24,26,28-31,34,60H,4-7,9-10,12-16,18-19,22-23,25,27,32-33,35-59H2,1-3H3/b11-8-,20-17-,24-21-,29-26-,31-28-,34-30-. The van der Waals surface area contributed by atoms with Crippen LogP contribution in [0.2, 0.25) is 0 Å². The van der Waals surface area contributed by atoms with Crippen molar-refractivity contribution in [2.45, 2.75) is 297 Å². The van der Waals surface area contributed by atoms with Crippen LogP contribution in [-0.4, -0.2) is 37.2 Å². The molecule has 0 amide bonds. The third-order valence-electron chi connectivity index (χ3n) is 12.7. The highest BCUT2D eigenvalue weighted by Crippen LogP contribution is 2.15. The number of esters is 3. The van der Waals surface area contributed by atoms with Gasteiger partial charge in [-0.2, -0.15) is 0 Å². The maximum Gasteiger partial charge on any atom is 0.306 e. The number of allylic oxidation sites excluding steroid dienone is 12. The molecule has 0 aliphatic carbocycles. The summed E-state index contributed by atoms with van der Waals surface area (Å²) in [6.45, 7) is 6.51. The van der Waals surface area contributed by atoms with Crippen LogP contribution >= 0.6 is 0 Å². The van der Waals surface area contributed by atoms with Crippen molar-refractivity contribution >= 4 is 17.9 Å². The van der Waals surface area contributed by atoms with Gasteiger partial charge in [-0.25, -0.2) is 0 Å². The lowest BCUT2D eigenvalue weighted by molar-refractivity contribution is -0.167. The molecule has 0 aromatic carbocycles.